The fourth-order valence-corrected chi connectivity index (χ4v) is 4.97. The van der Waals surface area contributed by atoms with E-state index in [1.165, 1.54) is 17.6 Å². The monoisotopic (exact) mass is 497 g/mol. The highest BCUT2D eigenvalue weighted by atomic mass is 35.5. The van der Waals surface area contributed by atoms with Crippen LogP contribution in [0.4, 0.5) is 5.13 Å². The van der Waals surface area contributed by atoms with Gasteiger partial charge in [0, 0.05) is 24.9 Å². The topological polar surface area (TPSA) is 79.8 Å². The van der Waals surface area contributed by atoms with E-state index in [0.717, 1.165) is 17.8 Å². The second kappa shape index (κ2) is 11.1. The molecule has 0 fully saturated rings. The number of carbonyl (C=O) groups is 1. The summed E-state index contributed by atoms with van der Waals surface area (Å²) in [6.07, 6.45) is 1.18. The van der Waals surface area contributed by atoms with Gasteiger partial charge in [0.2, 0.25) is 0 Å². The number of aromatic nitrogens is 1. The summed E-state index contributed by atoms with van der Waals surface area (Å²) in [6, 6.07) is 11.9. The molecule has 0 spiro atoms. The van der Waals surface area contributed by atoms with Crippen LogP contribution in [0.15, 0.2) is 47.4 Å². The fraction of sp³-hybridized carbons (Fsp3) is 0.364. The SMILES string of the molecule is CCN(CC)CCN(C(=O)c1cccc(OC)c1)c1nc2ccc(S(C)(=O)=O)cc2s1.Cl. The molecule has 0 radical (unpaired) electrons. The Labute approximate surface area is 199 Å². The summed E-state index contributed by atoms with van der Waals surface area (Å²) in [5, 5.41) is 0.542. The Morgan fingerprint density at radius 2 is 1.81 bits per heavy atom. The van der Waals surface area contributed by atoms with E-state index in [2.05, 4.69) is 23.7 Å². The van der Waals surface area contributed by atoms with Crippen LogP contribution in [0.3, 0.4) is 0 Å². The molecular formula is C22H28ClN3O4S2. The van der Waals surface area contributed by atoms with E-state index in [1.54, 1.807) is 54.5 Å². The molecule has 0 atom stereocenters. The molecule has 7 nitrogen and oxygen atoms in total. The standard InChI is InChI=1S/C22H27N3O4S2.ClH/c1-5-24(6-2)12-13-25(21(26)16-8-7-9-17(14-16)29-3)22-23-19-11-10-18(31(4,27)28)15-20(19)30-22;/h7-11,14-15H,5-6,12-13H2,1-4H3;1H. The maximum atomic E-state index is 13.4. The minimum absolute atomic E-state index is 0. The van der Waals surface area contributed by atoms with Gasteiger partial charge in [0.1, 0.15) is 5.75 Å². The van der Waals surface area contributed by atoms with Gasteiger partial charge < -0.3 is 9.64 Å². The molecule has 0 N–H and O–H groups in total. The van der Waals surface area contributed by atoms with Crippen molar-refractivity contribution in [1.82, 2.24) is 9.88 Å². The van der Waals surface area contributed by atoms with Gasteiger partial charge in [-0.2, -0.15) is 0 Å². The van der Waals surface area contributed by atoms with Gasteiger partial charge >= 0.3 is 0 Å². The number of hydrogen-bond acceptors (Lipinski definition) is 7. The highest BCUT2D eigenvalue weighted by Gasteiger charge is 2.23. The first-order valence-corrected chi connectivity index (χ1v) is 12.8. The second-order valence-electron chi connectivity index (χ2n) is 7.11. The third-order valence-electron chi connectivity index (χ3n) is 5.10. The molecule has 0 aliphatic heterocycles. The number of amides is 1. The zero-order valence-corrected chi connectivity index (χ0v) is 21.0. The molecule has 0 saturated carbocycles. The lowest BCUT2D eigenvalue weighted by Gasteiger charge is -2.24. The summed E-state index contributed by atoms with van der Waals surface area (Å²) < 4.78 is 29.8. The Kier molecular flexibility index (Phi) is 9.03. The largest absolute Gasteiger partial charge is 0.497 e. The van der Waals surface area contributed by atoms with Crippen LogP contribution >= 0.6 is 23.7 Å². The minimum atomic E-state index is -3.32. The quantitative estimate of drug-likeness (QED) is 0.442. The highest BCUT2D eigenvalue weighted by molar-refractivity contribution is 7.90. The first kappa shape index (κ1) is 26.1. The number of methoxy groups -OCH3 is 1. The van der Waals surface area contributed by atoms with Crippen LogP contribution in [-0.2, 0) is 9.84 Å². The lowest BCUT2D eigenvalue weighted by Crippen LogP contribution is -2.38. The molecule has 32 heavy (non-hydrogen) atoms. The number of benzene rings is 2. The number of fused-ring (bicyclic) bond motifs is 1. The summed E-state index contributed by atoms with van der Waals surface area (Å²) in [7, 11) is -1.76. The Morgan fingerprint density at radius 3 is 2.44 bits per heavy atom. The van der Waals surface area contributed by atoms with E-state index in [-0.39, 0.29) is 23.2 Å². The molecule has 0 aliphatic carbocycles. The van der Waals surface area contributed by atoms with Gasteiger partial charge in [-0.3, -0.25) is 9.69 Å². The first-order chi connectivity index (χ1) is 14.8. The van der Waals surface area contributed by atoms with Gasteiger partial charge in [0.25, 0.3) is 5.91 Å². The number of sulfone groups is 1. The van der Waals surface area contributed by atoms with E-state index in [1.807, 2.05) is 0 Å². The van der Waals surface area contributed by atoms with Crippen molar-refractivity contribution in [3.8, 4) is 5.75 Å². The number of ether oxygens (including phenoxy) is 1. The number of rotatable bonds is 9. The van der Waals surface area contributed by atoms with Crippen LogP contribution in [-0.4, -0.2) is 63.8 Å². The van der Waals surface area contributed by atoms with E-state index < -0.39 is 9.84 Å². The number of hydrogen-bond donors (Lipinski definition) is 0. The average molecular weight is 498 g/mol. The van der Waals surface area contributed by atoms with E-state index in [0.29, 0.717) is 35.1 Å². The average Bonchev–Trinajstić information content (AvgIpc) is 3.19. The highest BCUT2D eigenvalue weighted by Crippen LogP contribution is 2.31. The van der Waals surface area contributed by atoms with Crippen molar-refractivity contribution >= 4 is 54.8 Å². The number of likely N-dealkylation sites (N-methyl/N-ethyl adjacent to an activating group) is 1. The molecule has 0 saturated heterocycles. The minimum Gasteiger partial charge on any atom is -0.497 e. The van der Waals surface area contributed by atoms with Gasteiger partial charge in [-0.05, 0) is 49.5 Å². The summed E-state index contributed by atoms with van der Waals surface area (Å²) in [5.41, 5.74) is 1.17. The molecule has 174 valence electrons. The van der Waals surface area contributed by atoms with E-state index in [9.17, 15) is 13.2 Å². The summed E-state index contributed by atoms with van der Waals surface area (Å²) in [5.74, 6) is 0.435. The molecule has 1 amide bonds. The Balaban J connectivity index is 0.00000363. The lowest BCUT2D eigenvalue weighted by atomic mass is 10.2. The van der Waals surface area contributed by atoms with Crippen LogP contribution in [0.5, 0.6) is 5.75 Å². The van der Waals surface area contributed by atoms with Gasteiger partial charge in [-0.25, -0.2) is 13.4 Å². The molecular weight excluding hydrogens is 470 g/mol. The van der Waals surface area contributed by atoms with E-state index in [4.69, 9.17) is 4.74 Å². The van der Waals surface area contributed by atoms with Gasteiger partial charge in [-0.1, -0.05) is 31.3 Å². The summed E-state index contributed by atoms with van der Waals surface area (Å²) in [4.78, 5) is 22.2. The number of halogens is 1. The maximum absolute atomic E-state index is 13.4. The number of thiazole rings is 1. The number of carbonyl (C=O) groups excluding carboxylic acids is 1. The fourth-order valence-electron chi connectivity index (χ4n) is 3.22. The van der Waals surface area contributed by atoms with Crippen LogP contribution < -0.4 is 9.64 Å². The van der Waals surface area contributed by atoms with Crippen LogP contribution in [0.2, 0.25) is 0 Å². The van der Waals surface area contributed by atoms with Crippen molar-refractivity contribution in [1.29, 1.82) is 0 Å². The first-order valence-electron chi connectivity index (χ1n) is 10.1. The molecule has 1 aromatic heterocycles. The van der Waals surface area contributed by atoms with Crippen molar-refractivity contribution in [2.75, 3.05) is 44.4 Å². The van der Waals surface area contributed by atoms with E-state index >= 15 is 0 Å². The third-order valence-corrected chi connectivity index (χ3v) is 7.26. The Morgan fingerprint density at radius 1 is 1.09 bits per heavy atom. The van der Waals surface area contributed by atoms with Gasteiger partial charge in [0.15, 0.2) is 15.0 Å². The maximum Gasteiger partial charge on any atom is 0.260 e. The van der Waals surface area contributed by atoms with Crippen molar-refractivity contribution < 1.29 is 17.9 Å². The molecule has 10 heteroatoms. The van der Waals surface area contributed by atoms with Gasteiger partial charge in [-0.15, -0.1) is 12.4 Å². The van der Waals surface area contributed by atoms with Crippen molar-refractivity contribution in [3.63, 3.8) is 0 Å². The predicted octanol–water partition coefficient (Wildman–Crippen LogP) is 4.12. The summed E-state index contributed by atoms with van der Waals surface area (Å²) >= 11 is 1.32. The van der Waals surface area contributed by atoms with Gasteiger partial charge in [0.05, 0.1) is 22.2 Å². The second-order valence-corrected chi connectivity index (χ2v) is 10.1. The van der Waals surface area contributed by atoms with Crippen molar-refractivity contribution in [3.05, 3.63) is 48.0 Å². The van der Waals surface area contributed by atoms with Crippen LogP contribution in [0, 0.1) is 0 Å². The molecule has 2 aromatic carbocycles. The lowest BCUT2D eigenvalue weighted by molar-refractivity contribution is 0.0983. The molecule has 0 aliphatic rings. The Hall–Kier alpha value is -2.20. The molecule has 0 bridgehead atoms. The number of anilines is 1. The molecule has 0 unspecified atom stereocenters. The van der Waals surface area contributed by atoms with Crippen LogP contribution in [0.1, 0.15) is 24.2 Å². The molecule has 3 aromatic rings. The predicted molar refractivity (Wildman–Crippen MR) is 132 cm³/mol. The van der Waals surface area contributed by atoms with Crippen LogP contribution in [0.25, 0.3) is 10.2 Å². The number of nitrogens with zero attached hydrogens (tertiary/aromatic N) is 3. The Bertz CT molecular complexity index is 1180. The third kappa shape index (κ3) is 5.98. The normalized spacial score (nSPS) is 11.4. The van der Waals surface area contributed by atoms with Crippen molar-refractivity contribution in [2.24, 2.45) is 0 Å². The smallest absolute Gasteiger partial charge is 0.260 e. The molecule has 1 heterocycles. The van der Waals surface area contributed by atoms with Crippen molar-refractivity contribution in [2.45, 2.75) is 18.7 Å². The molecule has 3 rings (SSSR count). The summed E-state index contributed by atoms with van der Waals surface area (Å²) in [6.45, 7) is 7.11. The zero-order valence-electron chi connectivity index (χ0n) is 18.6. The zero-order chi connectivity index (χ0) is 22.6.